The first-order chi connectivity index (χ1) is 11.1. The van der Waals surface area contributed by atoms with Gasteiger partial charge in [-0.05, 0) is 25.5 Å². The molecule has 2 rings (SSSR count). The van der Waals surface area contributed by atoms with Crippen molar-refractivity contribution in [3.63, 3.8) is 0 Å². The molecule has 6 nitrogen and oxygen atoms in total. The molecule has 126 valence electrons. The first-order valence-electron chi connectivity index (χ1n) is 8.07. The first kappa shape index (κ1) is 17.4. The second kappa shape index (κ2) is 9.27. The van der Waals surface area contributed by atoms with Crippen molar-refractivity contribution < 1.29 is 14.3 Å². The Morgan fingerprint density at radius 3 is 2.43 bits per heavy atom. The third kappa shape index (κ3) is 6.38. The van der Waals surface area contributed by atoms with E-state index in [9.17, 15) is 9.59 Å². The van der Waals surface area contributed by atoms with Crippen molar-refractivity contribution in [3.8, 4) is 0 Å². The third-order valence-corrected chi connectivity index (χ3v) is 3.82. The summed E-state index contributed by atoms with van der Waals surface area (Å²) < 4.78 is 5.28. The van der Waals surface area contributed by atoms with Gasteiger partial charge in [-0.25, -0.2) is 0 Å². The quantitative estimate of drug-likeness (QED) is 0.590. The zero-order chi connectivity index (χ0) is 16.5. The van der Waals surface area contributed by atoms with E-state index in [0.717, 1.165) is 50.4 Å². The predicted molar refractivity (Wildman–Crippen MR) is 87.9 cm³/mol. The molecule has 1 aliphatic rings. The maximum absolute atomic E-state index is 11.7. The summed E-state index contributed by atoms with van der Waals surface area (Å²) in [5.41, 5.74) is 2.14. The van der Waals surface area contributed by atoms with Crippen molar-refractivity contribution in [2.75, 3.05) is 39.4 Å². The molecule has 23 heavy (non-hydrogen) atoms. The summed E-state index contributed by atoms with van der Waals surface area (Å²) >= 11 is 0. The van der Waals surface area contributed by atoms with Gasteiger partial charge in [0.15, 0.2) is 0 Å². The van der Waals surface area contributed by atoms with Crippen molar-refractivity contribution in [3.05, 3.63) is 35.4 Å². The summed E-state index contributed by atoms with van der Waals surface area (Å²) in [4.78, 5) is 25.7. The average Bonchev–Trinajstić information content (AvgIpc) is 2.58. The van der Waals surface area contributed by atoms with Gasteiger partial charge in [-0.1, -0.05) is 29.8 Å². The van der Waals surface area contributed by atoms with Crippen molar-refractivity contribution in [2.24, 2.45) is 0 Å². The molecule has 1 fully saturated rings. The van der Waals surface area contributed by atoms with Gasteiger partial charge in [0.05, 0.1) is 13.2 Å². The molecule has 6 heteroatoms. The van der Waals surface area contributed by atoms with Gasteiger partial charge in [0, 0.05) is 26.2 Å². The molecule has 0 aliphatic carbocycles. The highest BCUT2D eigenvalue weighted by atomic mass is 16.5. The molecule has 1 heterocycles. The Labute approximate surface area is 137 Å². The summed E-state index contributed by atoms with van der Waals surface area (Å²) in [7, 11) is 0. The second-order valence-electron chi connectivity index (χ2n) is 5.73. The van der Waals surface area contributed by atoms with E-state index in [1.54, 1.807) is 0 Å². The molecule has 1 aromatic rings. The highest BCUT2D eigenvalue weighted by Gasteiger charge is 2.13. The van der Waals surface area contributed by atoms with E-state index in [2.05, 4.69) is 15.5 Å². The Balaban J connectivity index is 1.59. The van der Waals surface area contributed by atoms with E-state index >= 15 is 0 Å². The Morgan fingerprint density at radius 2 is 1.74 bits per heavy atom. The Hall–Kier alpha value is -1.92. The average molecular weight is 319 g/mol. The van der Waals surface area contributed by atoms with Crippen LogP contribution in [0.25, 0.3) is 0 Å². The van der Waals surface area contributed by atoms with Crippen LogP contribution in [0.1, 0.15) is 17.5 Å². The molecule has 0 spiro atoms. The summed E-state index contributed by atoms with van der Waals surface area (Å²) in [6.45, 7) is 7.20. The Kier molecular flexibility index (Phi) is 7.03. The van der Waals surface area contributed by atoms with E-state index in [1.165, 1.54) is 0 Å². The molecule has 0 bridgehead atoms. The number of hydrogen-bond donors (Lipinski definition) is 2. The van der Waals surface area contributed by atoms with Gasteiger partial charge >= 0.3 is 11.8 Å². The first-order valence-corrected chi connectivity index (χ1v) is 8.07. The zero-order valence-corrected chi connectivity index (χ0v) is 13.6. The number of aryl methyl sites for hydroxylation is 1. The third-order valence-electron chi connectivity index (χ3n) is 3.82. The second-order valence-corrected chi connectivity index (χ2v) is 5.73. The lowest BCUT2D eigenvalue weighted by molar-refractivity contribution is -0.139. The van der Waals surface area contributed by atoms with Crippen LogP contribution in [0.3, 0.4) is 0 Å². The largest absolute Gasteiger partial charge is 0.379 e. The van der Waals surface area contributed by atoms with Crippen LogP contribution in [0.5, 0.6) is 0 Å². The van der Waals surface area contributed by atoms with E-state index in [0.29, 0.717) is 13.1 Å². The van der Waals surface area contributed by atoms with Crippen molar-refractivity contribution in [2.45, 2.75) is 19.9 Å². The highest BCUT2D eigenvalue weighted by molar-refractivity contribution is 6.35. The smallest absolute Gasteiger partial charge is 0.309 e. The maximum Gasteiger partial charge on any atom is 0.309 e. The number of carbonyl (C=O) groups excluding carboxylic acids is 2. The van der Waals surface area contributed by atoms with Crippen LogP contribution in [0.2, 0.25) is 0 Å². The number of carbonyl (C=O) groups is 2. The van der Waals surface area contributed by atoms with Crippen molar-refractivity contribution >= 4 is 11.8 Å². The fourth-order valence-electron chi connectivity index (χ4n) is 2.38. The van der Waals surface area contributed by atoms with Crippen LogP contribution in [0, 0.1) is 6.92 Å². The van der Waals surface area contributed by atoms with Gasteiger partial charge in [0.1, 0.15) is 0 Å². The summed E-state index contributed by atoms with van der Waals surface area (Å²) in [5, 5.41) is 5.29. The van der Waals surface area contributed by atoms with E-state index in [4.69, 9.17) is 4.74 Å². The number of nitrogens with one attached hydrogen (secondary N) is 2. The number of hydrogen-bond acceptors (Lipinski definition) is 4. The topological polar surface area (TPSA) is 70.7 Å². The fraction of sp³-hybridized carbons (Fsp3) is 0.529. The molecule has 0 unspecified atom stereocenters. The molecule has 2 amide bonds. The van der Waals surface area contributed by atoms with Gasteiger partial charge in [0.2, 0.25) is 0 Å². The molecular formula is C17H25N3O3. The highest BCUT2D eigenvalue weighted by Crippen LogP contribution is 2.02. The molecule has 0 radical (unpaired) electrons. The van der Waals surface area contributed by atoms with Crippen molar-refractivity contribution in [1.29, 1.82) is 0 Å². The Morgan fingerprint density at radius 1 is 1.09 bits per heavy atom. The molecule has 2 N–H and O–H groups in total. The lowest BCUT2D eigenvalue weighted by Crippen LogP contribution is -2.41. The van der Waals surface area contributed by atoms with Crippen molar-refractivity contribution in [1.82, 2.24) is 15.5 Å². The molecule has 1 saturated heterocycles. The molecule has 0 aromatic heterocycles. The molecular weight excluding hydrogens is 294 g/mol. The predicted octanol–water partition coefficient (Wildman–Crippen LogP) is 0.450. The Bertz CT molecular complexity index is 510. The van der Waals surface area contributed by atoms with E-state index in [1.807, 2.05) is 31.2 Å². The lowest BCUT2D eigenvalue weighted by atomic mass is 10.1. The van der Waals surface area contributed by atoms with Crippen LogP contribution in [-0.4, -0.2) is 56.1 Å². The molecule has 0 saturated carbocycles. The number of benzene rings is 1. The van der Waals surface area contributed by atoms with Gasteiger partial charge in [-0.15, -0.1) is 0 Å². The van der Waals surface area contributed by atoms with Crippen LogP contribution < -0.4 is 10.6 Å². The van der Waals surface area contributed by atoms with E-state index < -0.39 is 11.8 Å². The minimum Gasteiger partial charge on any atom is -0.379 e. The number of nitrogens with zero attached hydrogens (tertiary/aromatic N) is 1. The van der Waals surface area contributed by atoms with Gasteiger partial charge in [-0.2, -0.15) is 0 Å². The fourth-order valence-corrected chi connectivity index (χ4v) is 2.38. The van der Waals surface area contributed by atoms with Crippen LogP contribution in [-0.2, 0) is 20.9 Å². The van der Waals surface area contributed by atoms with E-state index in [-0.39, 0.29) is 0 Å². The molecule has 1 aliphatic heterocycles. The van der Waals surface area contributed by atoms with Crippen LogP contribution in [0.15, 0.2) is 24.3 Å². The zero-order valence-electron chi connectivity index (χ0n) is 13.6. The summed E-state index contributed by atoms with van der Waals surface area (Å²) in [6, 6.07) is 7.84. The summed E-state index contributed by atoms with van der Waals surface area (Å²) in [6.07, 6.45) is 0.830. The lowest BCUT2D eigenvalue weighted by Gasteiger charge is -2.26. The standard InChI is InChI=1S/C17H25N3O3/c1-14-3-5-15(6-4-14)13-19-17(22)16(21)18-7-2-8-20-9-11-23-12-10-20/h3-6H,2,7-13H2,1H3,(H,18,21)(H,19,22). The summed E-state index contributed by atoms with van der Waals surface area (Å²) in [5.74, 6) is -1.16. The SMILES string of the molecule is Cc1ccc(CNC(=O)C(=O)NCCCN2CCOCC2)cc1. The number of rotatable bonds is 6. The van der Waals surface area contributed by atoms with Gasteiger partial charge in [0.25, 0.3) is 0 Å². The number of morpholine rings is 1. The normalized spacial score (nSPS) is 15.2. The molecule has 1 aromatic carbocycles. The van der Waals surface area contributed by atoms with Crippen LogP contribution >= 0.6 is 0 Å². The van der Waals surface area contributed by atoms with Gasteiger partial charge in [-0.3, -0.25) is 14.5 Å². The minimum atomic E-state index is -0.586. The molecule has 0 atom stereocenters. The number of amides is 2. The van der Waals surface area contributed by atoms with Crippen LogP contribution in [0.4, 0.5) is 0 Å². The van der Waals surface area contributed by atoms with Gasteiger partial charge < -0.3 is 15.4 Å². The maximum atomic E-state index is 11.7. The monoisotopic (exact) mass is 319 g/mol. The minimum absolute atomic E-state index is 0.361. The number of ether oxygens (including phenoxy) is 1.